The normalized spacial score (nSPS) is 24.7. The van der Waals surface area contributed by atoms with E-state index < -0.39 is 29.8 Å². The van der Waals surface area contributed by atoms with E-state index >= 15 is 0 Å². The van der Waals surface area contributed by atoms with E-state index in [2.05, 4.69) is 0 Å². The van der Waals surface area contributed by atoms with Gasteiger partial charge in [0.2, 0.25) is 17.6 Å². The number of nitrogens with zero attached hydrogens (tertiary/aromatic N) is 2. The van der Waals surface area contributed by atoms with Gasteiger partial charge < -0.3 is 9.32 Å². The molecule has 3 aliphatic heterocycles. The van der Waals surface area contributed by atoms with Crippen molar-refractivity contribution in [3.8, 4) is 0 Å². The van der Waals surface area contributed by atoms with Gasteiger partial charge in [0.15, 0.2) is 11.5 Å². The van der Waals surface area contributed by atoms with Gasteiger partial charge in [-0.05, 0) is 60.5 Å². The van der Waals surface area contributed by atoms with E-state index in [-0.39, 0.29) is 23.2 Å². The number of benzene rings is 2. The Bertz CT molecular complexity index is 1370. The molecule has 0 spiro atoms. The molecule has 2 amide bonds. The third-order valence-electron chi connectivity index (χ3n) is 7.03. The molecule has 168 valence electrons. The lowest BCUT2D eigenvalue weighted by Crippen LogP contribution is -2.44. The number of imide groups is 1. The summed E-state index contributed by atoms with van der Waals surface area (Å²) in [5.41, 5.74) is 2.75. The zero-order chi connectivity index (χ0) is 23.6. The molecule has 2 saturated heterocycles. The first-order chi connectivity index (χ1) is 16.5. The monoisotopic (exact) mass is 452 g/mol. The smallest absolute Gasteiger partial charge is 0.240 e. The molecule has 0 radical (unpaired) electrons. The van der Waals surface area contributed by atoms with Gasteiger partial charge in [-0.15, -0.1) is 0 Å². The molecule has 0 saturated carbocycles. The van der Waals surface area contributed by atoms with Gasteiger partial charge in [0.25, 0.3) is 0 Å². The minimum Gasteiger partial charge on any atom is -0.461 e. The lowest BCUT2D eigenvalue weighted by atomic mass is 9.84. The summed E-state index contributed by atoms with van der Waals surface area (Å²) in [6.45, 7) is 1.46. The van der Waals surface area contributed by atoms with Crippen molar-refractivity contribution in [2.75, 3.05) is 4.90 Å². The summed E-state index contributed by atoms with van der Waals surface area (Å²) < 4.78 is 5.37. The predicted molar refractivity (Wildman–Crippen MR) is 123 cm³/mol. The zero-order valence-electron chi connectivity index (χ0n) is 18.3. The standard InChI is InChI=1S/C27H20N2O5/c1-15(30)16-8-10-18(11-9-16)29-26(32)21-22(27(29)33)24(25(31)20-7-4-14-34-20)28-13-12-17-5-2-3-6-19(17)23(21)28/h2-14,21-24H,1H3. The van der Waals surface area contributed by atoms with Gasteiger partial charge in [0.05, 0.1) is 29.8 Å². The van der Waals surface area contributed by atoms with Crippen molar-refractivity contribution in [1.82, 2.24) is 4.90 Å². The molecule has 0 bridgehead atoms. The van der Waals surface area contributed by atoms with Gasteiger partial charge in [0.1, 0.15) is 6.04 Å². The summed E-state index contributed by atoms with van der Waals surface area (Å²) in [5.74, 6) is -2.64. The quantitative estimate of drug-likeness (QED) is 0.441. The molecule has 2 aromatic carbocycles. The highest BCUT2D eigenvalue weighted by Crippen LogP contribution is 2.53. The Morgan fingerprint density at radius 2 is 1.62 bits per heavy atom. The lowest BCUT2D eigenvalue weighted by molar-refractivity contribution is -0.123. The van der Waals surface area contributed by atoms with Crippen LogP contribution in [0.15, 0.2) is 77.5 Å². The van der Waals surface area contributed by atoms with Gasteiger partial charge in [-0.1, -0.05) is 24.3 Å². The van der Waals surface area contributed by atoms with Crippen LogP contribution in [-0.2, 0) is 9.59 Å². The molecule has 7 heteroatoms. The Balaban J connectivity index is 1.47. The minimum atomic E-state index is -0.872. The van der Waals surface area contributed by atoms with E-state index in [9.17, 15) is 19.2 Å². The summed E-state index contributed by atoms with van der Waals surface area (Å²) in [4.78, 5) is 55.8. The second-order valence-electron chi connectivity index (χ2n) is 8.79. The highest BCUT2D eigenvalue weighted by molar-refractivity contribution is 6.24. The second-order valence-corrected chi connectivity index (χ2v) is 8.79. The van der Waals surface area contributed by atoms with Crippen LogP contribution in [0.1, 0.15) is 45.0 Å². The van der Waals surface area contributed by atoms with Crippen LogP contribution >= 0.6 is 0 Å². The molecule has 4 atom stereocenters. The molecular weight excluding hydrogens is 432 g/mol. The number of carbonyl (C=O) groups excluding carboxylic acids is 4. The van der Waals surface area contributed by atoms with Crippen molar-refractivity contribution in [2.45, 2.75) is 19.0 Å². The zero-order valence-corrected chi connectivity index (χ0v) is 18.3. The molecule has 1 aromatic heterocycles. The molecule has 3 aliphatic rings. The molecule has 0 aliphatic carbocycles. The average Bonchev–Trinajstić information content (AvgIpc) is 3.55. The van der Waals surface area contributed by atoms with Gasteiger partial charge in [0, 0.05) is 11.8 Å². The number of anilines is 1. The lowest BCUT2D eigenvalue weighted by Gasteiger charge is -2.35. The first kappa shape index (κ1) is 20.4. The van der Waals surface area contributed by atoms with E-state index in [0.29, 0.717) is 11.3 Å². The van der Waals surface area contributed by atoms with E-state index in [1.54, 1.807) is 36.4 Å². The number of hydrogen-bond acceptors (Lipinski definition) is 6. The number of rotatable bonds is 4. The summed E-state index contributed by atoms with van der Waals surface area (Å²) in [6, 6.07) is 16.0. The maximum Gasteiger partial charge on any atom is 0.240 e. The Kier molecular flexibility index (Phi) is 4.42. The van der Waals surface area contributed by atoms with Crippen molar-refractivity contribution in [2.24, 2.45) is 11.8 Å². The van der Waals surface area contributed by atoms with Crippen LogP contribution < -0.4 is 4.90 Å². The molecule has 34 heavy (non-hydrogen) atoms. The van der Waals surface area contributed by atoms with Crippen molar-refractivity contribution in [3.63, 3.8) is 0 Å². The van der Waals surface area contributed by atoms with Gasteiger partial charge in [-0.3, -0.25) is 19.2 Å². The molecule has 3 aromatic rings. The van der Waals surface area contributed by atoms with E-state index in [0.717, 1.165) is 11.1 Å². The van der Waals surface area contributed by atoms with Crippen LogP contribution in [0.5, 0.6) is 0 Å². The summed E-state index contributed by atoms with van der Waals surface area (Å²) in [6.07, 6.45) is 5.13. The van der Waals surface area contributed by atoms with Crippen LogP contribution in [-0.4, -0.2) is 34.3 Å². The third kappa shape index (κ3) is 2.76. The number of Topliss-reactive ketones (excluding diaryl/α,β-unsaturated/α-hetero) is 2. The highest BCUT2D eigenvalue weighted by atomic mass is 16.3. The first-order valence-corrected chi connectivity index (χ1v) is 11.1. The predicted octanol–water partition coefficient (Wildman–Crippen LogP) is 3.88. The summed E-state index contributed by atoms with van der Waals surface area (Å²) in [5, 5.41) is 0. The number of furan rings is 1. The maximum absolute atomic E-state index is 13.8. The fourth-order valence-electron chi connectivity index (χ4n) is 5.52. The van der Waals surface area contributed by atoms with Crippen LogP contribution in [0.4, 0.5) is 5.69 Å². The molecule has 4 heterocycles. The number of hydrogen-bond donors (Lipinski definition) is 0. The molecular formula is C27H20N2O5. The van der Waals surface area contributed by atoms with Crippen molar-refractivity contribution < 1.29 is 23.6 Å². The minimum absolute atomic E-state index is 0.104. The van der Waals surface area contributed by atoms with Gasteiger partial charge in [-0.2, -0.15) is 0 Å². The Hall–Kier alpha value is -4.26. The van der Waals surface area contributed by atoms with Crippen LogP contribution in [0.3, 0.4) is 0 Å². The fraction of sp³-hybridized carbons (Fsp3) is 0.185. The highest BCUT2D eigenvalue weighted by Gasteiger charge is 2.64. The second kappa shape index (κ2) is 7.38. The topological polar surface area (TPSA) is 87.9 Å². The largest absolute Gasteiger partial charge is 0.461 e. The number of amides is 2. The molecule has 7 nitrogen and oxygen atoms in total. The molecule has 0 N–H and O–H groups in total. The average molecular weight is 452 g/mol. The number of ketones is 2. The summed E-state index contributed by atoms with van der Waals surface area (Å²) >= 11 is 0. The van der Waals surface area contributed by atoms with Crippen molar-refractivity contribution in [3.05, 3.63) is 95.6 Å². The fourth-order valence-corrected chi connectivity index (χ4v) is 5.52. The Morgan fingerprint density at radius 1 is 0.882 bits per heavy atom. The molecule has 2 fully saturated rings. The number of carbonyl (C=O) groups is 4. The van der Waals surface area contributed by atoms with Crippen LogP contribution in [0.25, 0.3) is 6.08 Å². The van der Waals surface area contributed by atoms with Crippen molar-refractivity contribution >= 4 is 35.1 Å². The SMILES string of the molecule is CC(=O)c1ccc(N2C(=O)C3C(C2=O)C2c4ccccc4C=CN2C3C(=O)c2ccco2)cc1. The van der Waals surface area contributed by atoms with E-state index in [1.165, 1.54) is 18.1 Å². The van der Waals surface area contributed by atoms with Crippen LogP contribution in [0, 0.1) is 11.8 Å². The molecule has 4 unspecified atom stereocenters. The Morgan fingerprint density at radius 3 is 2.32 bits per heavy atom. The molecule has 6 rings (SSSR count). The van der Waals surface area contributed by atoms with Gasteiger partial charge >= 0.3 is 0 Å². The van der Waals surface area contributed by atoms with Crippen molar-refractivity contribution in [1.29, 1.82) is 0 Å². The summed E-state index contributed by atoms with van der Waals surface area (Å²) in [7, 11) is 0. The van der Waals surface area contributed by atoms with Crippen LogP contribution in [0.2, 0.25) is 0 Å². The number of fused-ring (bicyclic) bond motifs is 5. The third-order valence-corrected chi connectivity index (χ3v) is 7.03. The van der Waals surface area contributed by atoms with Gasteiger partial charge in [-0.25, -0.2) is 4.90 Å². The maximum atomic E-state index is 13.8. The van der Waals surface area contributed by atoms with E-state index in [4.69, 9.17) is 4.42 Å². The van der Waals surface area contributed by atoms with E-state index in [1.807, 2.05) is 41.4 Å². The first-order valence-electron chi connectivity index (χ1n) is 11.1. The Labute approximate surface area is 195 Å².